The summed E-state index contributed by atoms with van der Waals surface area (Å²) in [5.74, 6) is 1.09. The predicted octanol–water partition coefficient (Wildman–Crippen LogP) is 3.27. The van der Waals surface area contributed by atoms with Gasteiger partial charge in [-0.1, -0.05) is 18.2 Å². The van der Waals surface area contributed by atoms with Crippen molar-refractivity contribution in [3.63, 3.8) is 0 Å². The fourth-order valence-electron chi connectivity index (χ4n) is 2.17. The van der Waals surface area contributed by atoms with Gasteiger partial charge in [0, 0.05) is 28.9 Å². The Morgan fingerprint density at radius 1 is 1.25 bits per heavy atom. The molecule has 1 heterocycles. The molecule has 3 nitrogen and oxygen atoms in total. The molecule has 0 amide bonds. The van der Waals surface area contributed by atoms with Crippen LogP contribution < -0.4 is 5.32 Å². The number of hydrogen-bond donors (Lipinski definition) is 1. The highest BCUT2D eigenvalue weighted by atomic mass is 32.2. The van der Waals surface area contributed by atoms with E-state index in [-0.39, 0.29) is 0 Å². The lowest BCUT2D eigenvalue weighted by Gasteiger charge is -2.14. The Kier molecular flexibility index (Phi) is 5.68. The summed E-state index contributed by atoms with van der Waals surface area (Å²) in [5.41, 5.74) is 2.32. The monoisotopic (exact) mass is 289 g/mol. The van der Waals surface area contributed by atoms with Crippen molar-refractivity contribution in [2.45, 2.75) is 38.3 Å². The molecule has 0 radical (unpaired) electrons. The molecule has 1 aromatic carbocycles. The van der Waals surface area contributed by atoms with E-state index in [1.165, 1.54) is 10.6 Å². The molecule has 2 rings (SSSR count). The minimum Gasteiger partial charge on any atom is -0.312 e. The van der Waals surface area contributed by atoms with Gasteiger partial charge in [-0.15, -0.1) is 11.8 Å². The molecule has 0 aliphatic carbocycles. The number of hydrogen-bond acceptors (Lipinski definition) is 3. The molecule has 1 atom stereocenters. The first-order valence-electron chi connectivity index (χ1n) is 7.07. The number of nitrogens with one attached hydrogen (secondary N) is 1. The molecule has 20 heavy (non-hydrogen) atoms. The van der Waals surface area contributed by atoms with Gasteiger partial charge < -0.3 is 5.32 Å². The second-order valence-corrected chi connectivity index (χ2v) is 6.29. The molecule has 0 aliphatic heterocycles. The van der Waals surface area contributed by atoms with Gasteiger partial charge in [-0.3, -0.25) is 4.68 Å². The molecule has 0 spiro atoms. The van der Waals surface area contributed by atoms with Crippen LogP contribution in [0.4, 0.5) is 0 Å². The smallest absolute Gasteiger partial charge is 0.0596 e. The summed E-state index contributed by atoms with van der Waals surface area (Å²) in [6.45, 7) is 8.30. The molecular weight excluding hydrogens is 266 g/mol. The topological polar surface area (TPSA) is 29.9 Å². The summed E-state index contributed by atoms with van der Waals surface area (Å²) in [7, 11) is 0. The lowest BCUT2D eigenvalue weighted by atomic mass is 10.3. The quantitative estimate of drug-likeness (QED) is 0.627. The molecule has 4 heteroatoms. The van der Waals surface area contributed by atoms with E-state index in [1.807, 2.05) is 18.7 Å². The van der Waals surface area contributed by atoms with Crippen molar-refractivity contribution in [3.05, 3.63) is 47.8 Å². The highest BCUT2D eigenvalue weighted by molar-refractivity contribution is 7.99. The van der Waals surface area contributed by atoms with E-state index in [0.717, 1.165) is 24.5 Å². The first-order valence-corrected chi connectivity index (χ1v) is 8.06. The molecule has 2 aromatic rings. The summed E-state index contributed by atoms with van der Waals surface area (Å²) < 4.78 is 2.08. The van der Waals surface area contributed by atoms with Crippen LogP contribution in [0.15, 0.2) is 41.3 Å². The van der Waals surface area contributed by atoms with Crippen LogP contribution in [0.1, 0.15) is 18.3 Å². The number of rotatable bonds is 7. The second-order valence-electron chi connectivity index (χ2n) is 5.13. The minimum absolute atomic E-state index is 0.435. The summed E-state index contributed by atoms with van der Waals surface area (Å²) in [4.78, 5) is 1.33. The predicted molar refractivity (Wildman–Crippen MR) is 86.3 cm³/mol. The van der Waals surface area contributed by atoms with Gasteiger partial charge >= 0.3 is 0 Å². The summed E-state index contributed by atoms with van der Waals surface area (Å²) in [5, 5.41) is 8.05. The van der Waals surface area contributed by atoms with Crippen LogP contribution in [0.2, 0.25) is 0 Å². The normalized spacial score (nSPS) is 12.6. The molecule has 108 valence electrons. The third-order valence-electron chi connectivity index (χ3n) is 3.16. The largest absolute Gasteiger partial charge is 0.312 e. The van der Waals surface area contributed by atoms with Gasteiger partial charge in [-0.2, -0.15) is 5.10 Å². The Morgan fingerprint density at radius 3 is 2.65 bits per heavy atom. The third-order valence-corrected chi connectivity index (χ3v) is 4.17. The first kappa shape index (κ1) is 15.1. The van der Waals surface area contributed by atoms with Crippen molar-refractivity contribution in [1.29, 1.82) is 0 Å². The SMILES string of the molecule is Cc1cc(C)n(CC(C)NCCSc2ccccc2)n1. The minimum atomic E-state index is 0.435. The maximum atomic E-state index is 4.50. The van der Waals surface area contributed by atoms with Crippen LogP contribution in [0.5, 0.6) is 0 Å². The van der Waals surface area contributed by atoms with E-state index < -0.39 is 0 Å². The zero-order valence-electron chi connectivity index (χ0n) is 12.5. The number of aromatic nitrogens is 2. The number of benzene rings is 1. The fourth-order valence-corrected chi connectivity index (χ4v) is 2.98. The molecule has 1 unspecified atom stereocenters. The van der Waals surface area contributed by atoms with Gasteiger partial charge in [0.15, 0.2) is 0 Å². The molecule has 0 fully saturated rings. The van der Waals surface area contributed by atoms with Crippen LogP contribution in [0, 0.1) is 13.8 Å². The van der Waals surface area contributed by atoms with Crippen molar-refractivity contribution in [2.24, 2.45) is 0 Å². The van der Waals surface area contributed by atoms with E-state index in [4.69, 9.17) is 0 Å². The van der Waals surface area contributed by atoms with Crippen molar-refractivity contribution in [2.75, 3.05) is 12.3 Å². The van der Waals surface area contributed by atoms with Crippen LogP contribution in [0.25, 0.3) is 0 Å². The van der Waals surface area contributed by atoms with Gasteiger partial charge in [0.1, 0.15) is 0 Å². The number of thioether (sulfide) groups is 1. The van der Waals surface area contributed by atoms with Crippen LogP contribution in [-0.2, 0) is 6.54 Å². The number of nitrogens with zero attached hydrogens (tertiary/aromatic N) is 2. The first-order chi connectivity index (χ1) is 9.65. The standard InChI is InChI=1S/C16H23N3S/c1-13-11-15(3)19(18-13)12-14(2)17-9-10-20-16-7-5-4-6-8-16/h4-8,11,14,17H,9-10,12H2,1-3H3. The van der Waals surface area contributed by atoms with E-state index in [2.05, 4.69) is 65.3 Å². The van der Waals surface area contributed by atoms with Gasteiger partial charge in [-0.25, -0.2) is 0 Å². The molecule has 1 aromatic heterocycles. The maximum Gasteiger partial charge on any atom is 0.0596 e. The van der Waals surface area contributed by atoms with Gasteiger partial charge in [0.2, 0.25) is 0 Å². The Bertz CT molecular complexity index is 522. The molecule has 0 bridgehead atoms. The van der Waals surface area contributed by atoms with E-state index in [9.17, 15) is 0 Å². The van der Waals surface area contributed by atoms with Gasteiger partial charge in [0.25, 0.3) is 0 Å². The van der Waals surface area contributed by atoms with Crippen molar-refractivity contribution in [3.8, 4) is 0 Å². The van der Waals surface area contributed by atoms with Gasteiger partial charge in [0.05, 0.1) is 12.2 Å². The van der Waals surface area contributed by atoms with Crippen molar-refractivity contribution in [1.82, 2.24) is 15.1 Å². The lowest BCUT2D eigenvalue weighted by Crippen LogP contribution is -2.32. The molecule has 0 aliphatic rings. The fraction of sp³-hybridized carbons (Fsp3) is 0.438. The summed E-state index contributed by atoms with van der Waals surface area (Å²) in [6, 6.07) is 13.1. The molecule has 0 saturated heterocycles. The van der Waals surface area contributed by atoms with E-state index in [0.29, 0.717) is 6.04 Å². The maximum absolute atomic E-state index is 4.50. The van der Waals surface area contributed by atoms with Crippen LogP contribution in [-0.4, -0.2) is 28.1 Å². The van der Waals surface area contributed by atoms with Crippen LogP contribution in [0.3, 0.4) is 0 Å². The Labute approximate surface area is 125 Å². The van der Waals surface area contributed by atoms with Crippen molar-refractivity contribution < 1.29 is 0 Å². The summed E-state index contributed by atoms with van der Waals surface area (Å²) in [6.07, 6.45) is 0. The lowest BCUT2D eigenvalue weighted by molar-refractivity contribution is 0.455. The molecular formula is C16H23N3S. The third kappa shape index (κ3) is 4.69. The number of aryl methyl sites for hydroxylation is 2. The summed E-state index contributed by atoms with van der Waals surface area (Å²) >= 11 is 1.89. The van der Waals surface area contributed by atoms with Crippen molar-refractivity contribution >= 4 is 11.8 Å². The average Bonchev–Trinajstić information content (AvgIpc) is 2.74. The zero-order valence-corrected chi connectivity index (χ0v) is 13.3. The highest BCUT2D eigenvalue weighted by Gasteiger charge is 2.06. The Hall–Kier alpha value is -1.26. The van der Waals surface area contributed by atoms with Crippen LogP contribution >= 0.6 is 11.8 Å². The molecule has 0 saturated carbocycles. The zero-order chi connectivity index (χ0) is 14.4. The van der Waals surface area contributed by atoms with E-state index in [1.54, 1.807) is 0 Å². The average molecular weight is 289 g/mol. The second kappa shape index (κ2) is 7.50. The molecule has 1 N–H and O–H groups in total. The highest BCUT2D eigenvalue weighted by Crippen LogP contribution is 2.15. The Balaban J connectivity index is 1.68. The van der Waals surface area contributed by atoms with E-state index >= 15 is 0 Å². The van der Waals surface area contributed by atoms with Gasteiger partial charge in [-0.05, 0) is 39.0 Å². The Morgan fingerprint density at radius 2 is 2.00 bits per heavy atom.